The zero-order valence-electron chi connectivity index (χ0n) is 13.5. The lowest BCUT2D eigenvalue weighted by Crippen LogP contribution is -2.10. The van der Waals surface area contributed by atoms with E-state index in [9.17, 15) is 0 Å². The van der Waals surface area contributed by atoms with Gasteiger partial charge in [-0.3, -0.25) is 0 Å². The highest BCUT2D eigenvalue weighted by molar-refractivity contribution is 7.10. The molecule has 5 nitrogen and oxygen atoms in total. The molecule has 0 unspecified atom stereocenters. The lowest BCUT2D eigenvalue weighted by molar-refractivity contribution is 0.437. The number of nitrogens with one attached hydrogen (secondary N) is 1. The summed E-state index contributed by atoms with van der Waals surface area (Å²) in [5, 5.41) is 9.00. The number of hydrogen-bond donors (Lipinski definition) is 1. The van der Waals surface area contributed by atoms with Gasteiger partial charge in [0.2, 0.25) is 0 Å². The number of anilines is 2. The Kier molecular flexibility index (Phi) is 3.77. The Balaban J connectivity index is 1.77. The zero-order valence-corrected chi connectivity index (χ0v) is 14.4. The SMILES string of the molecule is Cc1cc(Nc2cc(C3CCCCC3)nc3c(C)cnn23)sn1. The Morgan fingerprint density at radius 2 is 2.00 bits per heavy atom. The van der Waals surface area contributed by atoms with E-state index >= 15 is 0 Å². The summed E-state index contributed by atoms with van der Waals surface area (Å²) in [5.41, 5.74) is 4.31. The van der Waals surface area contributed by atoms with Crippen LogP contribution in [-0.4, -0.2) is 19.0 Å². The van der Waals surface area contributed by atoms with Crippen molar-refractivity contribution in [1.82, 2.24) is 19.0 Å². The Labute approximate surface area is 139 Å². The van der Waals surface area contributed by atoms with Crippen LogP contribution in [0.15, 0.2) is 18.3 Å². The van der Waals surface area contributed by atoms with Crippen molar-refractivity contribution >= 4 is 28.0 Å². The summed E-state index contributed by atoms with van der Waals surface area (Å²) in [6, 6.07) is 4.23. The Bertz CT molecular complexity index is 829. The molecule has 0 aliphatic heterocycles. The van der Waals surface area contributed by atoms with Crippen molar-refractivity contribution in [1.29, 1.82) is 0 Å². The van der Waals surface area contributed by atoms with E-state index in [1.165, 1.54) is 49.3 Å². The summed E-state index contributed by atoms with van der Waals surface area (Å²) in [6.07, 6.45) is 8.36. The van der Waals surface area contributed by atoms with Crippen LogP contribution in [0.4, 0.5) is 10.8 Å². The van der Waals surface area contributed by atoms with Crippen LogP contribution < -0.4 is 5.32 Å². The van der Waals surface area contributed by atoms with Crippen LogP contribution in [0.3, 0.4) is 0 Å². The summed E-state index contributed by atoms with van der Waals surface area (Å²) < 4.78 is 6.24. The molecule has 3 aromatic rings. The van der Waals surface area contributed by atoms with Crippen LogP contribution in [-0.2, 0) is 0 Å². The highest BCUT2D eigenvalue weighted by Crippen LogP contribution is 2.34. The zero-order chi connectivity index (χ0) is 15.8. The van der Waals surface area contributed by atoms with Gasteiger partial charge in [-0.2, -0.15) is 14.0 Å². The average molecular weight is 327 g/mol. The predicted molar refractivity (Wildman–Crippen MR) is 93.7 cm³/mol. The maximum Gasteiger partial charge on any atom is 0.160 e. The van der Waals surface area contributed by atoms with Crippen LogP contribution in [0, 0.1) is 13.8 Å². The monoisotopic (exact) mass is 327 g/mol. The molecule has 1 fully saturated rings. The largest absolute Gasteiger partial charge is 0.331 e. The summed E-state index contributed by atoms with van der Waals surface area (Å²) in [6.45, 7) is 4.08. The molecule has 6 heteroatoms. The molecule has 0 aromatic carbocycles. The highest BCUT2D eigenvalue weighted by Gasteiger charge is 2.20. The molecule has 1 aliphatic rings. The topological polar surface area (TPSA) is 55.1 Å². The second-order valence-corrected chi connectivity index (χ2v) is 7.23. The average Bonchev–Trinajstić information content (AvgIpc) is 3.15. The van der Waals surface area contributed by atoms with E-state index in [0.29, 0.717) is 5.92 Å². The van der Waals surface area contributed by atoms with E-state index in [1.807, 2.05) is 17.6 Å². The van der Waals surface area contributed by atoms with Crippen LogP contribution >= 0.6 is 11.5 Å². The first-order valence-electron chi connectivity index (χ1n) is 8.26. The van der Waals surface area contributed by atoms with Gasteiger partial charge in [-0.15, -0.1) is 0 Å². The normalized spacial score (nSPS) is 16.1. The maximum absolute atomic E-state index is 4.91. The lowest BCUT2D eigenvalue weighted by atomic mass is 9.87. The minimum atomic E-state index is 0.576. The summed E-state index contributed by atoms with van der Waals surface area (Å²) in [5.74, 6) is 1.55. The van der Waals surface area contributed by atoms with Crippen LogP contribution in [0.5, 0.6) is 0 Å². The fourth-order valence-corrected chi connectivity index (χ4v) is 4.01. The molecule has 3 aromatic heterocycles. The fourth-order valence-electron chi connectivity index (χ4n) is 3.34. The Morgan fingerprint density at radius 1 is 1.17 bits per heavy atom. The molecule has 0 spiro atoms. The second-order valence-electron chi connectivity index (χ2n) is 6.42. The number of aromatic nitrogens is 4. The van der Waals surface area contributed by atoms with E-state index in [4.69, 9.17) is 4.98 Å². The fraction of sp³-hybridized carbons (Fsp3) is 0.471. The molecule has 0 saturated heterocycles. The van der Waals surface area contributed by atoms with Crippen molar-refractivity contribution < 1.29 is 0 Å². The van der Waals surface area contributed by atoms with Gasteiger partial charge in [0.15, 0.2) is 5.65 Å². The minimum absolute atomic E-state index is 0.576. The quantitative estimate of drug-likeness (QED) is 0.764. The molecule has 1 N–H and O–H groups in total. The third-order valence-electron chi connectivity index (χ3n) is 4.57. The van der Waals surface area contributed by atoms with Crippen LogP contribution in [0.2, 0.25) is 0 Å². The van der Waals surface area contributed by atoms with E-state index < -0.39 is 0 Å². The first-order chi connectivity index (χ1) is 11.2. The number of nitrogens with zero attached hydrogens (tertiary/aromatic N) is 4. The molecule has 0 amide bonds. The molecule has 4 rings (SSSR count). The number of aryl methyl sites for hydroxylation is 2. The standard InChI is InChI=1S/C17H21N5S/c1-11-10-18-22-15(20-16-8-12(2)21-23-16)9-14(19-17(11)22)13-6-4-3-5-7-13/h8-10,13,20H,3-7H2,1-2H3. The first kappa shape index (κ1) is 14.6. The van der Waals surface area contributed by atoms with Gasteiger partial charge in [-0.05, 0) is 44.3 Å². The van der Waals surface area contributed by atoms with Gasteiger partial charge in [-0.25, -0.2) is 4.98 Å². The molecule has 120 valence electrons. The molecule has 0 radical (unpaired) electrons. The minimum Gasteiger partial charge on any atom is -0.331 e. The molecule has 1 aliphatic carbocycles. The lowest BCUT2D eigenvalue weighted by Gasteiger charge is -2.22. The van der Waals surface area contributed by atoms with Crippen molar-refractivity contribution in [2.75, 3.05) is 5.32 Å². The maximum atomic E-state index is 4.91. The number of fused-ring (bicyclic) bond motifs is 1. The van der Waals surface area contributed by atoms with Crippen molar-refractivity contribution in [3.8, 4) is 0 Å². The Hall–Kier alpha value is -1.95. The highest BCUT2D eigenvalue weighted by atomic mass is 32.1. The van der Waals surface area contributed by atoms with E-state index in [-0.39, 0.29) is 0 Å². The molecule has 1 saturated carbocycles. The summed E-state index contributed by atoms with van der Waals surface area (Å²) in [7, 11) is 0. The van der Waals surface area contributed by atoms with Gasteiger partial charge < -0.3 is 5.32 Å². The van der Waals surface area contributed by atoms with Crippen LogP contribution in [0.1, 0.15) is 55.0 Å². The van der Waals surface area contributed by atoms with Crippen molar-refractivity contribution in [2.45, 2.75) is 51.9 Å². The second kappa shape index (κ2) is 5.92. The molecule has 0 atom stereocenters. The summed E-state index contributed by atoms with van der Waals surface area (Å²) >= 11 is 1.48. The van der Waals surface area contributed by atoms with Gasteiger partial charge in [0.25, 0.3) is 0 Å². The summed E-state index contributed by atoms with van der Waals surface area (Å²) in [4.78, 5) is 4.91. The van der Waals surface area contributed by atoms with Crippen molar-refractivity contribution in [3.05, 3.63) is 35.3 Å². The number of rotatable bonds is 3. The smallest absolute Gasteiger partial charge is 0.160 e. The van der Waals surface area contributed by atoms with Crippen LogP contribution in [0.25, 0.3) is 5.65 Å². The van der Waals surface area contributed by atoms with Gasteiger partial charge in [0, 0.05) is 23.2 Å². The van der Waals surface area contributed by atoms with Crippen molar-refractivity contribution in [3.63, 3.8) is 0 Å². The van der Waals surface area contributed by atoms with Crippen molar-refractivity contribution in [2.24, 2.45) is 0 Å². The van der Waals surface area contributed by atoms with E-state index in [0.717, 1.165) is 27.7 Å². The molecule has 3 heterocycles. The first-order valence-corrected chi connectivity index (χ1v) is 9.03. The van der Waals surface area contributed by atoms with Gasteiger partial charge in [0.05, 0.1) is 11.9 Å². The van der Waals surface area contributed by atoms with Gasteiger partial charge in [0.1, 0.15) is 10.8 Å². The third-order valence-corrected chi connectivity index (χ3v) is 5.37. The molecular formula is C17H21N5S. The predicted octanol–water partition coefficient (Wildman–Crippen LogP) is 4.59. The van der Waals surface area contributed by atoms with E-state index in [2.05, 4.69) is 33.8 Å². The molecular weight excluding hydrogens is 306 g/mol. The number of hydrogen-bond acceptors (Lipinski definition) is 5. The third kappa shape index (κ3) is 2.83. The van der Waals surface area contributed by atoms with Gasteiger partial charge >= 0.3 is 0 Å². The van der Waals surface area contributed by atoms with E-state index in [1.54, 1.807) is 0 Å². The van der Waals surface area contributed by atoms with Gasteiger partial charge in [-0.1, -0.05) is 19.3 Å². The Morgan fingerprint density at radius 3 is 2.74 bits per heavy atom. The molecule has 0 bridgehead atoms. The molecule has 23 heavy (non-hydrogen) atoms.